The number of carbonyl (C=O) groups excluding carboxylic acids is 1. The van der Waals surface area contributed by atoms with Crippen LogP contribution in [0.2, 0.25) is 0 Å². The van der Waals surface area contributed by atoms with Gasteiger partial charge in [0.1, 0.15) is 0 Å². The lowest BCUT2D eigenvalue weighted by Crippen LogP contribution is -2.52. The first-order valence-electron chi connectivity index (χ1n) is 10.4. The Morgan fingerprint density at radius 1 is 1.16 bits per heavy atom. The van der Waals surface area contributed by atoms with E-state index in [4.69, 9.17) is 0 Å². The highest BCUT2D eigenvalue weighted by molar-refractivity contribution is 14.0. The van der Waals surface area contributed by atoms with Gasteiger partial charge in [-0.15, -0.1) is 24.0 Å². The first-order valence-corrected chi connectivity index (χ1v) is 10.4. The van der Waals surface area contributed by atoms with Gasteiger partial charge in [-0.1, -0.05) is 32.0 Å². The number of alkyl halides is 3. The topological polar surface area (TPSA) is 60.0 Å². The molecule has 10 heteroatoms. The second-order valence-electron chi connectivity index (χ2n) is 7.64. The van der Waals surface area contributed by atoms with Gasteiger partial charge in [0.25, 0.3) is 0 Å². The van der Waals surface area contributed by atoms with Crippen LogP contribution in [0.15, 0.2) is 29.3 Å². The molecule has 0 unspecified atom stereocenters. The molecule has 0 saturated carbocycles. The number of hydrogen-bond donors (Lipinski definition) is 2. The average molecular weight is 555 g/mol. The minimum atomic E-state index is -4.32. The fourth-order valence-electron chi connectivity index (χ4n) is 3.19. The van der Waals surface area contributed by atoms with E-state index < -0.39 is 11.7 Å². The Labute approximate surface area is 199 Å². The third kappa shape index (κ3) is 9.22. The zero-order chi connectivity index (χ0) is 22.1. The molecule has 31 heavy (non-hydrogen) atoms. The van der Waals surface area contributed by atoms with Gasteiger partial charge in [-0.25, -0.2) is 0 Å². The standard InChI is InChI=1S/C21H32F3N5O.HI/c1-4-25-20(27-9-8-26-19(30)16(2)3)29-12-10-28(11-13-29)15-17-6-5-7-18(14-17)21(22,23)24;/h5-7,14,16H,4,8-13,15H2,1-3H3,(H,25,27)(H,26,30);1H. The van der Waals surface area contributed by atoms with E-state index >= 15 is 0 Å². The van der Waals surface area contributed by atoms with Gasteiger partial charge in [0.05, 0.1) is 12.1 Å². The lowest BCUT2D eigenvalue weighted by molar-refractivity contribution is -0.137. The van der Waals surface area contributed by atoms with E-state index in [1.54, 1.807) is 6.07 Å². The van der Waals surface area contributed by atoms with E-state index in [2.05, 4.69) is 25.4 Å². The lowest BCUT2D eigenvalue weighted by Gasteiger charge is -2.36. The number of nitrogens with one attached hydrogen (secondary N) is 2. The maximum Gasteiger partial charge on any atom is 0.416 e. The number of aliphatic imine (C=N–C) groups is 1. The molecule has 0 radical (unpaired) electrons. The zero-order valence-electron chi connectivity index (χ0n) is 18.3. The van der Waals surface area contributed by atoms with Crippen molar-refractivity contribution < 1.29 is 18.0 Å². The number of halogens is 4. The van der Waals surface area contributed by atoms with Gasteiger partial charge < -0.3 is 15.5 Å². The number of rotatable bonds is 7. The number of amides is 1. The molecule has 0 atom stereocenters. The van der Waals surface area contributed by atoms with E-state index in [9.17, 15) is 18.0 Å². The van der Waals surface area contributed by atoms with Crippen molar-refractivity contribution in [1.29, 1.82) is 0 Å². The molecule has 1 aliphatic rings. The molecule has 0 aliphatic carbocycles. The summed E-state index contributed by atoms with van der Waals surface area (Å²) >= 11 is 0. The van der Waals surface area contributed by atoms with Crippen molar-refractivity contribution in [2.45, 2.75) is 33.5 Å². The summed E-state index contributed by atoms with van der Waals surface area (Å²) in [6.45, 7) is 10.9. The molecule has 1 aromatic rings. The van der Waals surface area contributed by atoms with E-state index in [-0.39, 0.29) is 35.8 Å². The molecule has 1 fully saturated rings. The molecule has 176 valence electrons. The van der Waals surface area contributed by atoms with Crippen LogP contribution in [-0.2, 0) is 17.5 Å². The third-order valence-corrected chi connectivity index (χ3v) is 4.86. The average Bonchev–Trinajstić information content (AvgIpc) is 2.70. The molecule has 1 aromatic carbocycles. The normalized spacial score (nSPS) is 15.6. The van der Waals surface area contributed by atoms with Crippen molar-refractivity contribution >= 4 is 35.8 Å². The molecule has 2 rings (SSSR count). The maximum absolute atomic E-state index is 12.9. The molecule has 1 heterocycles. The lowest BCUT2D eigenvalue weighted by atomic mass is 10.1. The fourth-order valence-corrected chi connectivity index (χ4v) is 3.19. The summed E-state index contributed by atoms with van der Waals surface area (Å²) in [5, 5.41) is 6.12. The summed E-state index contributed by atoms with van der Waals surface area (Å²) in [6, 6.07) is 5.52. The highest BCUT2D eigenvalue weighted by Gasteiger charge is 2.30. The number of carbonyl (C=O) groups is 1. The summed E-state index contributed by atoms with van der Waals surface area (Å²) in [7, 11) is 0. The van der Waals surface area contributed by atoms with Gasteiger partial charge in [0.2, 0.25) is 5.91 Å². The molecule has 0 aromatic heterocycles. The summed E-state index contributed by atoms with van der Waals surface area (Å²) in [5.41, 5.74) is 0.0597. The van der Waals surface area contributed by atoms with Gasteiger partial charge >= 0.3 is 6.18 Å². The van der Waals surface area contributed by atoms with Crippen LogP contribution < -0.4 is 10.6 Å². The number of guanidine groups is 1. The first-order chi connectivity index (χ1) is 14.2. The second kappa shape index (κ2) is 13.1. The van der Waals surface area contributed by atoms with Gasteiger partial charge in [-0.05, 0) is 18.6 Å². The van der Waals surface area contributed by atoms with Crippen LogP contribution in [0.25, 0.3) is 0 Å². The number of benzene rings is 1. The number of piperazine rings is 1. The van der Waals surface area contributed by atoms with Crippen molar-refractivity contribution in [1.82, 2.24) is 20.4 Å². The zero-order valence-corrected chi connectivity index (χ0v) is 20.7. The Morgan fingerprint density at radius 2 is 1.84 bits per heavy atom. The minimum absolute atomic E-state index is 0. The molecule has 1 saturated heterocycles. The Hall–Kier alpha value is -1.56. The smallest absolute Gasteiger partial charge is 0.357 e. The Bertz CT molecular complexity index is 719. The van der Waals surface area contributed by atoms with Crippen LogP contribution in [0.5, 0.6) is 0 Å². The van der Waals surface area contributed by atoms with Crippen LogP contribution in [-0.4, -0.2) is 67.5 Å². The largest absolute Gasteiger partial charge is 0.416 e. The van der Waals surface area contributed by atoms with Gasteiger partial charge in [0.15, 0.2) is 5.96 Å². The van der Waals surface area contributed by atoms with Crippen LogP contribution >= 0.6 is 24.0 Å². The predicted octanol–water partition coefficient (Wildman–Crippen LogP) is 3.18. The predicted molar refractivity (Wildman–Crippen MR) is 128 cm³/mol. The summed E-state index contributed by atoms with van der Waals surface area (Å²) in [6.07, 6.45) is -4.32. The maximum atomic E-state index is 12.9. The van der Waals surface area contributed by atoms with Crippen molar-refractivity contribution in [3.8, 4) is 0 Å². The monoisotopic (exact) mass is 555 g/mol. The number of hydrogen-bond acceptors (Lipinski definition) is 3. The van der Waals surface area contributed by atoms with Crippen molar-refractivity contribution in [3.63, 3.8) is 0 Å². The van der Waals surface area contributed by atoms with Gasteiger partial charge in [-0.2, -0.15) is 13.2 Å². The Kier molecular flexibility index (Phi) is 11.6. The van der Waals surface area contributed by atoms with E-state index in [1.807, 2.05) is 20.8 Å². The van der Waals surface area contributed by atoms with Crippen molar-refractivity contribution in [2.24, 2.45) is 10.9 Å². The van der Waals surface area contributed by atoms with Crippen LogP contribution in [0.1, 0.15) is 31.9 Å². The Balaban J connectivity index is 0.00000480. The van der Waals surface area contributed by atoms with Crippen molar-refractivity contribution in [3.05, 3.63) is 35.4 Å². The van der Waals surface area contributed by atoms with E-state index in [0.717, 1.165) is 44.7 Å². The molecule has 0 bridgehead atoms. The van der Waals surface area contributed by atoms with Crippen molar-refractivity contribution in [2.75, 3.05) is 45.8 Å². The summed E-state index contributed by atoms with van der Waals surface area (Å²) < 4.78 is 38.7. The summed E-state index contributed by atoms with van der Waals surface area (Å²) in [5.74, 6) is 0.764. The molecule has 0 spiro atoms. The van der Waals surface area contributed by atoms with Crippen LogP contribution in [0.4, 0.5) is 13.2 Å². The Morgan fingerprint density at radius 3 is 2.42 bits per heavy atom. The van der Waals surface area contributed by atoms with E-state index in [0.29, 0.717) is 25.2 Å². The highest BCUT2D eigenvalue weighted by atomic mass is 127. The second-order valence-corrected chi connectivity index (χ2v) is 7.64. The molecular formula is C21H33F3IN5O. The molecule has 2 N–H and O–H groups in total. The van der Waals surface area contributed by atoms with Gasteiger partial charge in [-0.3, -0.25) is 14.7 Å². The summed E-state index contributed by atoms with van der Waals surface area (Å²) in [4.78, 5) is 20.5. The quantitative estimate of drug-likeness (QED) is 0.235. The SMILES string of the molecule is CCNC(=NCCNC(=O)C(C)C)N1CCN(Cc2cccc(C(F)(F)F)c2)CC1.I. The fraction of sp³-hybridized carbons (Fsp3) is 0.619. The first kappa shape index (κ1) is 27.5. The van der Waals surface area contributed by atoms with Crippen LogP contribution in [0.3, 0.4) is 0 Å². The molecular weight excluding hydrogens is 522 g/mol. The highest BCUT2D eigenvalue weighted by Crippen LogP contribution is 2.29. The molecule has 1 amide bonds. The van der Waals surface area contributed by atoms with Gasteiger partial charge in [0, 0.05) is 51.7 Å². The van der Waals surface area contributed by atoms with Crippen LogP contribution in [0, 0.1) is 5.92 Å². The minimum Gasteiger partial charge on any atom is -0.357 e. The number of nitrogens with zero attached hydrogens (tertiary/aromatic N) is 3. The molecule has 1 aliphatic heterocycles. The van der Waals surface area contributed by atoms with E-state index in [1.165, 1.54) is 12.1 Å². The molecule has 6 nitrogen and oxygen atoms in total. The third-order valence-electron chi connectivity index (χ3n) is 4.86.